The third-order valence-electron chi connectivity index (χ3n) is 10.1. The van der Waals surface area contributed by atoms with Crippen LogP contribution in [0.25, 0.3) is 16.6 Å². The predicted octanol–water partition coefficient (Wildman–Crippen LogP) is 2.82. The summed E-state index contributed by atoms with van der Waals surface area (Å²) in [4.78, 5) is 69.8. The number of aromatic nitrogens is 2. The summed E-state index contributed by atoms with van der Waals surface area (Å²) in [6.45, 7) is 4.78. The van der Waals surface area contributed by atoms with Gasteiger partial charge in [-0.1, -0.05) is 0 Å². The van der Waals surface area contributed by atoms with Gasteiger partial charge >= 0.3 is 0 Å². The number of fused-ring (bicyclic) bond motifs is 2. The third-order valence-corrected chi connectivity index (χ3v) is 10.1. The van der Waals surface area contributed by atoms with E-state index in [1.807, 2.05) is 12.3 Å². The molecule has 4 N–H and O–H groups in total. The van der Waals surface area contributed by atoms with Gasteiger partial charge in [0.2, 0.25) is 11.8 Å². The first-order valence-electron chi connectivity index (χ1n) is 17.0. The number of imide groups is 2. The lowest BCUT2D eigenvalue weighted by atomic mass is 9.78. The number of aliphatic imine (C=N–C) groups is 1. The second-order valence-corrected chi connectivity index (χ2v) is 13.4. The lowest BCUT2D eigenvalue weighted by Gasteiger charge is -2.34. The number of piperazine rings is 1. The number of allylic oxidation sites excluding steroid dienone is 1. The molecule has 4 aliphatic rings. The van der Waals surface area contributed by atoms with Crippen LogP contribution in [0, 0.1) is 5.92 Å². The summed E-state index contributed by atoms with van der Waals surface area (Å²) in [7, 11) is 2.15. The first-order valence-corrected chi connectivity index (χ1v) is 17.0. The van der Waals surface area contributed by atoms with Gasteiger partial charge in [0.05, 0.1) is 40.1 Å². The van der Waals surface area contributed by atoms with E-state index in [9.17, 15) is 19.2 Å². The normalized spacial score (nSPS) is 23.3. The van der Waals surface area contributed by atoms with Crippen molar-refractivity contribution < 1.29 is 19.2 Å². The lowest BCUT2D eigenvalue weighted by molar-refractivity contribution is -0.136. The Morgan fingerprint density at radius 1 is 1.02 bits per heavy atom. The number of piperidine rings is 1. The van der Waals surface area contributed by atoms with Gasteiger partial charge in [-0.2, -0.15) is 0 Å². The Balaban J connectivity index is 0.870. The summed E-state index contributed by atoms with van der Waals surface area (Å²) in [5.41, 5.74) is 11.6. The highest BCUT2D eigenvalue weighted by Crippen LogP contribution is 2.34. The summed E-state index contributed by atoms with van der Waals surface area (Å²) in [6, 6.07) is 10.6. The summed E-state index contributed by atoms with van der Waals surface area (Å²) >= 11 is 0. The Morgan fingerprint density at radius 2 is 1.82 bits per heavy atom. The Bertz CT molecular complexity index is 1860. The third kappa shape index (κ3) is 6.75. The average Bonchev–Trinajstić information content (AvgIpc) is 3.33. The zero-order valence-corrected chi connectivity index (χ0v) is 27.6. The molecule has 3 aromatic rings. The van der Waals surface area contributed by atoms with E-state index >= 15 is 0 Å². The standard InChI is InChI=1S/C36H41N9O4/c1-43-11-13-44(14-12-43)26-5-7-29-30(18-26)41-31(21-40-29)23(19-37)20-39-25-15-22(16-25)3-2-10-38-24-4-6-27-28(17-24)36(49)45(35(27)48)32-8-9-33(46)42-34(32)47/h4-7,17-22,25,32,38H,2-3,8-16,37H2,1H3,(H,42,46,47). The zero-order valence-electron chi connectivity index (χ0n) is 27.6. The maximum atomic E-state index is 13.1. The zero-order chi connectivity index (χ0) is 34.1. The number of nitrogens with one attached hydrogen (secondary N) is 2. The van der Waals surface area contributed by atoms with E-state index in [-0.39, 0.29) is 30.0 Å². The number of carbonyl (C=O) groups is 4. The molecular formula is C36H41N9O4. The van der Waals surface area contributed by atoms with Gasteiger partial charge in [-0.15, -0.1) is 0 Å². The van der Waals surface area contributed by atoms with E-state index < -0.39 is 29.7 Å². The van der Waals surface area contributed by atoms with Gasteiger partial charge in [0.25, 0.3) is 11.8 Å². The molecule has 4 heterocycles. The second-order valence-electron chi connectivity index (χ2n) is 13.4. The van der Waals surface area contributed by atoms with E-state index in [2.05, 4.69) is 44.6 Å². The molecule has 0 radical (unpaired) electrons. The molecule has 1 aliphatic carbocycles. The number of benzene rings is 2. The molecule has 3 aliphatic heterocycles. The molecule has 1 unspecified atom stereocenters. The Hall–Kier alpha value is -5.17. The molecule has 49 heavy (non-hydrogen) atoms. The fourth-order valence-corrected chi connectivity index (χ4v) is 7.04. The van der Waals surface area contributed by atoms with Crippen LogP contribution in [0.15, 0.2) is 53.8 Å². The van der Waals surface area contributed by atoms with Gasteiger partial charge < -0.3 is 20.9 Å². The van der Waals surface area contributed by atoms with Crippen LogP contribution in [0.2, 0.25) is 0 Å². The Labute approximate surface area is 284 Å². The first kappa shape index (κ1) is 32.4. The molecule has 1 atom stereocenters. The minimum atomic E-state index is -0.969. The molecule has 0 spiro atoms. The average molecular weight is 664 g/mol. The molecule has 3 fully saturated rings. The number of anilines is 2. The molecule has 2 aromatic carbocycles. The summed E-state index contributed by atoms with van der Waals surface area (Å²) in [6.07, 6.45) is 9.37. The molecule has 13 heteroatoms. The predicted molar refractivity (Wildman–Crippen MR) is 187 cm³/mol. The van der Waals surface area contributed by atoms with E-state index in [4.69, 9.17) is 15.7 Å². The highest BCUT2D eigenvalue weighted by atomic mass is 16.2. The lowest BCUT2D eigenvalue weighted by Crippen LogP contribution is -2.54. The van der Waals surface area contributed by atoms with Crippen LogP contribution in [0.3, 0.4) is 0 Å². The quantitative estimate of drug-likeness (QED) is 0.167. The van der Waals surface area contributed by atoms with Crippen LogP contribution in [0.5, 0.6) is 0 Å². The van der Waals surface area contributed by atoms with E-state index in [0.717, 1.165) is 91.3 Å². The second kappa shape index (κ2) is 13.7. The van der Waals surface area contributed by atoms with E-state index in [1.165, 1.54) is 0 Å². The molecule has 254 valence electrons. The molecule has 0 bridgehead atoms. The van der Waals surface area contributed by atoms with Crippen LogP contribution in [-0.4, -0.2) is 101 Å². The summed E-state index contributed by atoms with van der Waals surface area (Å²) in [5.74, 6) is -1.43. The maximum Gasteiger partial charge on any atom is 0.262 e. The largest absolute Gasteiger partial charge is 0.404 e. The van der Waals surface area contributed by atoms with Gasteiger partial charge in [-0.25, -0.2) is 4.98 Å². The van der Waals surface area contributed by atoms with Gasteiger partial charge in [0.1, 0.15) is 6.04 Å². The minimum Gasteiger partial charge on any atom is -0.404 e. The van der Waals surface area contributed by atoms with Crippen molar-refractivity contribution in [2.75, 3.05) is 50.0 Å². The summed E-state index contributed by atoms with van der Waals surface area (Å²) in [5, 5.41) is 5.58. The number of nitrogens with zero attached hydrogens (tertiary/aromatic N) is 6. The monoisotopic (exact) mass is 663 g/mol. The highest BCUT2D eigenvalue weighted by Gasteiger charge is 2.44. The van der Waals surface area contributed by atoms with Crippen LogP contribution in [0.1, 0.15) is 64.9 Å². The number of carbonyl (C=O) groups excluding carboxylic acids is 4. The fourth-order valence-electron chi connectivity index (χ4n) is 7.04. The van der Waals surface area contributed by atoms with Crippen molar-refractivity contribution in [2.24, 2.45) is 16.6 Å². The van der Waals surface area contributed by atoms with Crippen molar-refractivity contribution in [3.63, 3.8) is 0 Å². The fraction of sp³-hybridized carbons (Fsp3) is 0.417. The number of hydrogen-bond acceptors (Lipinski definition) is 11. The van der Waals surface area contributed by atoms with Crippen LogP contribution in [0.4, 0.5) is 11.4 Å². The maximum absolute atomic E-state index is 13.1. The van der Waals surface area contributed by atoms with Crippen LogP contribution in [-0.2, 0) is 9.59 Å². The minimum absolute atomic E-state index is 0.0927. The first-order chi connectivity index (χ1) is 23.8. The van der Waals surface area contributed by atoms with Crippen molar-refractivity contribution in [3.05, 3.63) is 65.6 Å². The van der Waals surface area contributed by atoms with Crippen molar-refractivity contribution in [2.45, 2.75) is 50.6 Å². The van der Waals surface area contributed by atoms with Crippen molar-refractivity contribution in [1.29, 1.82) is 0 Å². The smallest absolute Gasteiger partial charge is 0.262 e. The molecule has 2 saturated heterocycles. The number of hydrogen-bond donors (Lipinski definition) is 3. The summed E-state index contributed by atoms with van der Waals surface area (Å²) < 4.78 is 0. The Morgan fingerprint density at radius 3 is 2.59 bits per heavy atom. The molecular weight excluding hydrogens is 622 g/mol. The molecule has 13 nitrogen and oxygen atoms in total. The number of rotatable bonds is 10. The van der Waals surface area contributed by atoms with Crippen molar-refractivity contribution in [3.8, 4) is 0 Å². The molecule has 1 saturated carbocycles. The van der Waals surface area contributed by atoms with Gasteiger partial charge in [-0.05, 0) is 81.5 Å². The van der Waals surface area contributed by atoms with Gasteiger partial charge in [0.15, 0.2) is 0 Å². The number of amides is 4. The number of likely N-dealkylation sites (N-methyl/N-ethyl adjacent to an activating group) is 1. The van der Waals surface area contributed by atoms with Gasteiger partial charge in [-0.3, -0.25) is 39.4 Å². The van der Waals surface area contributed by atoms with Crippen molar-refractivity contribution >= 4 is 57.8 Å². The van der Waals surface area contributed by atoms with E-state index in [0.29, 0.717) is 11.6 Å². The van der Waals surface area contributed by atoms with Crippen molar-refractivity contribution in [1.82, 2.24) is 25.1 Å². The van der Waals surface area contributed by atoms with Gasteiger partial charge in [0, 0.05) is 68.5 Å². The topological polar surface area (TPSA) is 166 Å². The Kier molecular flexibility index (Phi) is 9.09. The van der Waals surface area contributed by atoms with Crippen LogP contribution >= 0.6 is 0 Å². The molecule has 7 rings (SSSR count). The SMILES string of the molecule is CN1CCN(c2ccc3ncc(C(C=NC4CC(CCCNc5ccc6c(c5)C(=O)N(C5CCC(=O)NC5=O)C6=O)C4)=CN)nc3c2)CC1. The molecule has 1 aromatic heterocycles. The number of nitrogens with two attached hydrogens (primary N) is 1. The highest BCUT2D eigenvalue weighted by molar-refractivity contribution is 6.23. The van der Waals surface area contributed by atoms with E-state index in [1.54, 1.807) is 30.6 Å². The van der Waals surface area contributed by atoms with Crippen LogP contribution < -0.4 is 21.3 Å². The molecule has 4 amide bonds.